The van der Waals surface area contributed by atoms with Gasteiger partial charge in [0, 0.05) is 20.2 Å². The van der Waals surface area contributed by atoms with Crippen LogP contribution in [-0.2, 0) is 4.74 Å². The van der Waals surface area contributed by atoms with Crippen LogP contribution in [0.15, 0.2) is 12.4 Å². The molecule has 0 saturated carbocycles. The molecule has 0 aliphatic carbocycles. The lowest BCUT2D eigenvalue weighted by Gasteiger charge is -2.27. The quantitative estimate of drug-likeness (QED) is 0.786. The Hall–Kier alpha value is -1.69. The number of hydrogen-bond acceptors (Lipinski definition) is 5. The molecule has 1 heterocycles. The molecular weight excluding hydrogens is 256 g/mol. The molecule has 0 aliphatic rings. The van der Waals surface area contributed by atoms with Crippen LogP contribution in [-0.4, -0.2) is 53.6 Å². The van der Waals surface area contributed by atoms with E-state index in [2.05, 4.69) is 22.2 Å². The van der Waals surface area contributed by atoms with E-state index in [1.807, 2.05) is 13.8 Å². The zero-order valence-electron chi connectivity index (χ0n) is 12.7. The summed E-state index contributed by atoms with van der Waals surface area (Å²) in [7, 11) is 1.63. The SMILES string of the molecule is CCCNc1cnc(C(=O)N(CC)C(C)COC)cn1. The summed E-state index contributed by atoms with van der Waals surface area (Å²) in [6.07, 6.45) is 4.13. The van der Waals surface area contributed by atoms with Crippen LogP contribution in [0.25, 0.3) is 0 Å². The third-order valence-electron chi connectivity index (χ3n) is 2.97. The van der Waals surface area contributed by atoms with Gasteiger partial charge in [-0.15, -0.1) is 0 Å². The summed E-state index contributed by atoms with van der Waals surface area (Å²) < 4.78 is 5.10. The first-order valence-electron chi connectivity index (χ1n) is 6.99. The first-order valence-corrected chi connectivity index (χ1v) is 6.99. The Morgan fingerprint density at radius 3 is 2.65 bits per heavy atom. The van der Waals surface area contributed by atoms with Crippen molar-refractivity contribution >= 4 is 11.7 Å². The highest BCUT2D eigenvalue weighted by molar-refractivity contribution is 5.92. The van der Waals surface area contributed by atoms with E-state index in [0.29, 0.717) is 24.7 Å². The molecule has 0 fully saturated rings. The number of anilines is 1. The van der Waals surface area contributed by atoms with Gasteiger partial charge in [0.05, 0.1) is 25.0 Å². The maximum absolute atomic E-state index is 12.4. The number of amides is 1. The van der Waals surface area contributed by atoms with Gasteiger partial charge in [0.15, 0.2) is 0 Å². The molecule has 1 rings (SSSR count). The van der Waals surface area contributed by atoms with E-state index in [4.69, 9.17) is 4.74 Å². The fourth-order valence-electron chi connectivity index (χ4n) is 1.92. The minimum absolute atomic E-state index is 0.0113. The van der Waals surface area contributed by atoms with Gasteiger partial charge >= 0.3 is 0 Å². The monoisotopic (exact) mass is 280 g/mol. The molecule has 0 radical (unpaired) electrons. The molecule has 112 valence electrons. The van der Waals surface area contributed by atoms with Crippen molar-refractivity contribution in [2.24, 2.45) is 0 Å². The standard InChI is InChI=1S/C14H24N4O2/c1-5-7-15-13-9-16-12(8-17-13)14(19)18(6-2)11(3)10-20-4/h8-9,11H,5-7,10H2,1-4H3,(H,15,17). The zero-order chi connectivity index (χ0) is 15.0. The molecule has 1 unspecified atom stereocenters. The summed E-state index contributed by atoms with van der Waals surface area (Å²) in [6.45, 7) is 7.93. The molecule has 6 heteroatoms. The number of likely N-dealkylation sites (N-methyl/N-ethyl adjacent to an activating group) is 1. The lowest BCUT2D eigenvalue weighted by atomic mass is 10.2. The van der Waals surface area contributed by atoms with Gasteiger partial charge in [-0.25, -0.2) is 9.97 Å². The predicted molar refractivity (Wildman–Crippen MR) is 78.9 cm³/mol. The topological polar surface area (TPSA) is 67.4 Å². The Bertz CT molecular complexity index is 408. The van der Waals surface area contributed by atoms with Gasteiger partial charge in [-0.1, -0.05) is 6.92 Å². The second-order valence-corrected chi connectivity index (χ2v) is 4.61. The second-order valence-electron chi connectivity index (χ2n) is 4.61. The van der Waals surface area contributed by atoms with Crippen LogP contribution < -0.4 is 5.32 Å². The van der Waals surface area contributed by atoms with Gasteiger partial charge in [0.1, 0.15) is 11.5 Å². The third kappa shape index (κ3) is 4.45. The minimum atomic E-state index is -0.119. The van der Waals surface area contributed by atoms with E-state index in [9.17, 15) is 4.79 Å². The van der Waals surface area contributed by atoms with E-state index < -0.39 is 0 Å². The summed E-state index contributed by atoms with van der Waals surface area (Å²) in [5.41, 5.74) is 0.358. The first-order chi connectivity index (χ1) is 9.63. The van der Waals surface area contributed by atoms with Crippen molar-refractivity contribution in [2.45, 2.75) is 33.2 Å². The Balaban J connectivity index is 2.74. The summed E-state index contributed by atoms with van der Waals surface area (Å²) >= 11 is 0. The van der Waals surface area contributed by atoms with Gasteiger partial charge in [-0.05, 0) is 20.3 Å². The lowest BCUT2D eigenvalue weighted by molar-refractivity contribution is 0.0573. The van der Waals surface area contributed by atoms with Crippen molar-refractivity contribution < 1.29 is 9.53 Å². The van der Waals surface area contributed by atoms with Crippen molar-refractivity contribution in [3.8, 4) is 0 Å². The maximum atomic E-state index is 12.4. The molecule has 6 nitrogen and oxygen atoms in total. The summed E-state index contributed by atoms with van der Waals surface area (Å²) in [6, 6.07) is 0.0113. The van der Waals surface area contributed by atoms with Gasteiger partial charge in [0.25, 0.3) is 5.91 Å². The van der Waals surface area contributed by atoms with E-state index in [0.717, 1.165) is 13.0 Å². The summed E-state index contributed by atoms with van der Waals surface area (Å²) in [4.78, 5) is 22.5. The number of aromatic nitrogens is 2. The highest BCUT2D eigenvalue weighted by Gasteiger charge is 2.21. The fourth-order valence-corrected chi connectivity index (χ4v) is 1.92. The van der Waals surface area contributed by atoms with E-state index >= 15 is 0 Å². The number of nitrogens with one attached hydrogen (secondary N) is 1. The second kappa shape index (κ2) is 8.47. The average molecular weight is 280 g/mol. The van der Waals surface area contributed by atoms with Crippen molar-refractivity contribution in [3.05, 3.63) is 18.1 Å². The Kier molecular flexibility index (Phi) is 6.93. The normalized spacial score (nSPS) is 12.0. The molecule has 20 heavy (non-hydrogen) atoms. The van der Waals surface area contributed by atoms with Crippen LogP contribution in [0, 0.1) is 0 Å². The van der Waals surface area contributed by atoms with E-state index in [-0.39, 0.29) is 11.9 Å². The Morgan fingerprint density at radius 1 is 1.40 bits per heavy atom. The lowest BCUT2D eigenvalue weighted by Crippen LogP contribution is -2.41. The highest BCUT2D eigenvalue weighted by Crippen LogP contribution is 2.08. The van der Waals surface area contributed by atoms with Gasteiger partial charge in [0.2, 0.25) is 0 Å². The molecule has 1 amide bonds. The number of methoxy groups -OCH3 is 1. The van der Waals surface area contributed by atoms with Crippen LogP contribution in [0.5, 0.6) is 0 Å². The van der Waals surface area contributed by atoms with Crippen LogP contribution in [0.1, 0.15) is 37.7 Å². The largest absolute Gasteiger partial charge is 0.383 e. The van der Waals surface area contributed by atoms with Crippen LogP contribution in [0.3, 0.4) is 0 Å². The van der Waals surface area contributed by atoms with E-state index in [1.54, 1.807) is 18.2 Å². The van der Waals surface area contributed by atoms with Crippen molar-refractivity contribution in [3.63, 3.8) is 0 Å². The van der Waals surface area contributed by atoms with Crippen LogP contribution in [0.2, 0.25) is 0 Å². The molecule has 0 saturated heterocycles. The number of rotatable bonds is 8. The number of nitrogens with zero attached hydrogens (tertiary/aromatic N) is 3. The molecule has 1 atom stereocenters. The molecule has 0 aliphatic heterocycles. The van der Waals surface area contributed by atoms with Crippen molar-refractivity contribution in [1.29, 1.82) is 0 Å². The van der Waals surface area contributed by atoms with Gasteiger partial charge in [-0.2, -0.15) is 0 Å². The molecule has 0 spiro atoms. The van der Waals surface area contributed by atoms with Crippen molar-refractivity contribution in [1.82, 2.24) is 14.9 Å². The molecule has 1 aromatic rings. The Labute approximate surface area is 120 Å². The predicted octanol–water partition coefficient (Wildman–Crippen LogP) is 1.80. The molecule has 1 N–H and O–H groups in total. The minimum Gasteiger partial charge on any atom is -0.383 e. The Morgan fingerprint density at radius 2 is 2.15 bits per heavy atom. The summed E-state index contributed by atoms with van der Waals surface area (Å²) in [5, 5.41) is 3.13. The number of carbonyl (C=O) groups is 1. The average Bonchev–Trinajstić information content (AvgIpc) is 2.46. The van der Waals surface area contributed by atoms with Crippen LogP contribution >= 0.6 is 0 Å². The number of ether oxygens (including phenoxy) is 1. The van der Waals surface area contributed by atoms with Crippen molar-refractivity contribution in [2.75, 3.05) is 32.1 Å². The highest BCUT2D eigenvalue weighted by atomic mass is 16.5. The first kappa shape index (κ1) is 16.4. The maximum Gasteiger partial charge on any atom is 0.274 e. The number of carbonyl (C=O) groups excluding carboxylic acids is 1. The summed E-state index contributed by atoms with van der Waals surface area (Å²) in [5.74, 6) is 0.572. The molecular formula is C14H24N4O2. The fraction of sp³-hybridized carbons (Fsp3) is 0.643. The molecule has 0 aromatic carbocycles. The molecule has 1 aromatic heterocycles. The van der Waals surface area contributed by atoms with Crippen LogP contribution in [0.4, 0.5) is 5.82 Å². The van der Waals surface area contributed by atoms with Gasteiger partial charge in [-0.3, -0.25) is 4.79 Å². The van der Waals surface area contributed by atoms with Gasteiger partial charge < -0.3 is 15.0 Å². The van der Waals surface area contributed by atoms with E-state index in [1.165, 1.54) is 6.20 Å². The smallest absolute Gasteiger partial charge is 0.274 e. The molecule has 0 bridgehead atoms. The third-order valence-corrected chi connectivity index (χ3v) is 2.97. The number of hydrogen-bond donors (Lipinski definition) is 1. The zero-order valence-corrected chi connectivity index (χ0v) is 12.7.